The molecule has 0 aromatic rings. The third kappa shape index (κ3) is 6.29. The molecule has 0 aliphatic carbocycles. The summed E-state index contributed by atoms with van der Waals surface area (Å²) in [6, 6.07) is 0. The highest BCUT2D eigenvalue weighted by Gasteiger charge is 2.00. The van der Waals surface area contributed by atoms with Gasteiger partial charge in [-0.25, -0.2) is 0 Å². The van der Waals surface area contributed by atoms with Gasteiger partial charge in [-0.05, 0) is 26.7 Å². The van der Waals surface area contributed by atoms with Gasteiger partial charge in [0.05, 0.1) is 5.84 Å². The number of amidine groups is 1. The molecule has 14 heavy (non-hydrogen) atoms. The maximum absolute atomic E-state index is 5.44. The zero-order chi connectivity index (χ0) is 11.1. The van der Waals surface area contributed by atoms with Crippen molar-refractivity contribution in [3.8, 4) is 0 Å². The normalized spacial score (nSPS) is 11.2. The summed E-state index contributed by atoms with van der Waals surface area (Å²) in [7, 11) is 1.97. The van der Waals surface area contributed by atoms with Crippen LogP contribution in [0.3, 0.4) is 0 Å². The molecule has 3 heteroatoms. The number of hydrogen-bond donors (Lipinski definition) is 1. The summed E-state index contributed by atoms with van der Waals surface area (Å²) in [6.45, 7) is 12.2. The summed E-state index contributed by atoms with van der Waals surface area (Å²) in [5, 5.41) is 0. The molecule has 0 aliphatic rings. The zero-order valence-corrected chi connectivity index (χ0v) is 9.51. The number of nitrogens with zero attached hydrogens (tertiary/aromatic N) is 2. The second kappa shape index (κ2) is 6.24. The fourth-order valence-corrected chi connectivity index (χ4v) is 0.866. The zero-order valence-electron chi connectivity index (χ0n) is 9.51. The average molecular weight is 195 g/mol. The van der Waals surface area contributed by atoms with Crippen LogP contribution in [0.15, 0.2) is 29.4 Å². The van der Waals surface area contributed by atoms with E-state index in [0.717, 1.165) is 18.5 Å². The van der Waals surface area contributed by atoms with E-state index in [1.807, 2.05) is 18.9 Å². The topological polar surface area (TPSA) is 41.6 Å². The first kappa shape index (κ1) is 12.8. The Morgan fingerprint density at radius 2 is 1.86 bits per heavy atom. The molecule has 0 aromatic heterocycles. The first-order valence-electron chi connectivity index (χ1n) is 4.73. The molecule has 0 fully saturated rings. The fraction of sp³-hybridized carbons (Fsp3) is 0.545. The lowest BCUT2D eigenvalue weighted by Gasteiger charge is -2.19. The van der Waals surface area contributed by atoms with Crippen LogP contribution in [-0.2, 0) is 0 Å². The lowest BCUT2D eigenvalue weighted by molar-refractivity contribution is 0.416. The van der Waals surface area contributed by atoms with Gasteiger partial charge in [0.25, 0.3) is 0 Å². The van der Waals surface area contributed by atoms with E-state index < -0.39 is 0 Å². The molecule has 0 rings (SSSR count). The van der Waals surface area contributed by atoms with Crippen LogP contribution in [0.1, 0.15) is 26.7 Å². The van der Waals surface area contributed by atoms with Crippen molar-refractivity contribution in [2.45, 2.75) is 26.7 Å². The summed E-state index contributed by atoms with van der Waals surface area (Å²) >= 11 is 0. The van der Waals surface area contributed by atoms with Gasteiger partial charge >= 0.3 is 0 Å². The van der Waals surface area contributed by atoms with Gasteiger partial charge in [-0.3, -0.25) is 4.99 Å². The van der Waals surface area contributed by atoms with Gasteiger partial charge in [-0.2, -0.15) is 0 Å². The van der Waals surface area contributed by atoms with Crippen LogP contribution in [0.5, 0.6) is 0 Å². The molecule has 0 aromatic carbocycles. The molecule has 0 spiro atoms. The Bertz CT molecular complexity index is 237. The second-order valence-corrected chi connectivity index (χ2v) is 3.66. The van der Waals surface area contributed by atoms with Crippen LogP contribution >= 0.6 is 0 Å². The quantitative estimate of drug-likeness (QED) is 0.401. The molecule has 0 radical (unpaired) electrons. The van der Waals surface area contributed by atoms with Gasteiger partial charge in [-0.15, -0.1) is 6.58 Å². The number of hydrogen-bond acceptors (Lipinski definition) is 2. The Morgan fingerprint density at radius 3 is 2.29 bits per heavy atom. The third-order valence-electron chi connectivity index (χ3n) is 1.91. The lowest BCUT2D eigenvalue weighted by atomic mass is 10.1. The predicted octanol–water partition coefficient (Wildman–Crippen LogP) is 2.12. The summed E-state index contributed by atoms with van der Waals surface area (Å²) in [6.07, 6.45) is 1.92. The van der Waals surface area contributed by atoms with E-state index in [2.05, 4.69) is 18.2 Å². The first-order chi connectivity index (χ1) is 6.43. The minimum absolute atomic E-state index is 0.581. The predicted molar refractivity (Wildman–Crippen MR) is 63.1 cm³/mol. The van der Waals surface area contributed by atoms with E-state index in [9.17, 15) is 0 Å². The average Bonchev–Trinajstić information content (AvgIpc) is 2.09. The summed E-state index contributed by atoms with van der Waals surface area (Å²) in [4.78, 5) is 6.11. The SMILES string of the molecule is C=C(C)CCC(=C)N(C)C/N=C(/C)N. The van der Waals surface area contributed by atoms with Gasteiger partial charge in [0.15, 0.2) is 0 Å². The third-order valence-corrected chi connectivity index (χ3v) is 1.91. The Morgan fingerprint density at radius 1 is 1.29 bits per heavy atom. The molecule has 0 saturated heterocycles. The van der Waals surface area contributed by atoms with Gasteiger partial charge in [0.1, 0.15) is 6.67 Å². The molecule has 80 valence electrons. The largest absolute Gasteiger partial charge is 0.388 e. The van der Waals surface area contributed by atoms with Crippen molar-refractivity contribution in [3.63, 3.8) is 0 Å². The molecule has 0 atom stereocenters. The van der Waals surface area contributed by atoms with E-state index in [-0.39, 0.29) is 0 Å². The van der Waals surface area contributed by atoms with Crippen molar-refractivity contribution >= 4 is 5.84 Å². The van der Waals surface area contributed by atoms with Crippen LogP contribution in [0.4, 0.5) is 0 Å². The summed E-state index contributed by atoms with van der Waals surface area (Å²) in [5.41, 5.74) is 7.69. The molecule has 0 aliphatic heterocycles. The van der Waals surface area contributed by atoms with Gasteiger partial charge < -0.3 is 10.6 Å². The molecule has 0 heterocycles. The van der Waals surface area contributed by atoms with Gasteiger partial charge in [0.2, 0.25) is 0 Å². The first-order valence-corrected chi connectivity index (χ1v) is 4.73. The summed E-state index contributed by atoms with van der Waals surface area (Å²) in [5.74, 6) is 0.601. The minimum atomic E-state index is 0.581. The Labute approximate surface area is 87.0 Å². The number of allylic oxidation sites excluding steroid dienone is 2. The minimum Gasteiger partial charge on any atom is -0.388 e. The highest BCUT2D eigenvalue weighted by Crippen LogP contribution is 2.10. The Kier molecular flexibility index (Phi) is 5.68. The maximum atomic E-state index is 5.44. The number of nitrogens with two attached hydrogens (primary N) is 1. The summed E-state index contributed by atoms with van der Waals surface area (Å²) < 4.78 is 0. The second-order valence-electron chi connectivity index (χ2n) is 3.66. The molecule has 0 bridgehead atoms. The van der Waals surface area contributed by atoms with E-state index in [1.165, 1.54) is 5.57 Å². The van der Waals surface area contributed by atoms with Crippen molar-refractivity contribution in [2.75, 3.05) is 13.7 Å². The van der Waals surface area contributed by atoms with Crippen molar-refractivity contribution in [1.82, 2.24) is 4.90 Å². The molecule has 2 N–H and O–H groups in total. The highest BCUT2D eigenvalue weighted by atomic mass is 15.2. The maximum Gasteiger partial charge on any atom is 0.111 e. The van der Waals surface area contributed by atoms with E-state index >= 15 is 0 Å². The van der Waals surface area contributed by atoms with E-state index in [0.29, 0.717) is 12.5 Å². The lowest BCUT2D eigenvalue weighted by Crippen LogP contribution is -2.19. The van der Waals surface area contributed by atoms with E-state index in [4.69, 9.17) is 5.73 Å². The highest BCUT2D eigenvalue weighted by molar-refractivity contribution is 5.77. The number of aliphatic imine (C=N–C) groups is 1. The molecular weight excluding hydrogens is 174 g/mol. The fourth-order valence-electron chi connectivity index (χ4n) is 0.866. The van der Waals surface area contributed by atoms with Crippen molar-refractivity contribution in [1.29, 1.82) is 0 Å². The Hall–Kier alpha value is -1.25. The van der Waals surface area contributed by atoms with Crippen molar-refractivity contribution < 1.29 is 0 Å². The molecular formula is C11H21N3. The van der Waals surface area contributed by atoms with Crippen molar-refractivity contribution in [3.05, 3.63) is 24.4 Å². The Balaban J connectivity index is 3.88. The smallest absolute Gasteiger partial charge is 0.111 e. The molecule has 3 nitrogen and oxygen atoms in total. The van der Waals surface area contributed by atoms with Crippen LogP contribution in [0, 0.1) is 0 Å². The molecule has 0 saturated carbocycles. The van der Waals surface area contributed by atoms with Gasteiger partial charge in [0, 0.05) is 12.7 Å². The molecule has 0 amide bonds. The standard InChI is InChI=1S/C11H21N3/c1-9(2)6-7-10(3)14(5)8-13-11(4)12/h1,3,6-8H2,2,4-5H3,(H2,12,13). The van der Waals surface area contributed by atoms with Crippen LogP contribution in [0.25, 0.3) is 0 Å². The van der Waals surface area contributed by atoms with Crippen LogP contribution in [0.2, 0.25) is 0 Å². The van der Waals surface area contributed by atoms with Crippen LogP contribution < -0.4 is 5.73 Å². The van der Waals surface area contributed by atoms with Crippen molar-refractivity contribution in [2.24, 2.45) is 10.7 Å². The van der Waals surface area contributed by atoms with Gasteiger partial charge in [-0.1, -0.05) is 12.2 Å². The van der Waals surface area contributed by atoms with E-state index in [1.54, 1.807) is 6.92 Å². The molecule has 0 unspecified atom stereocenters. The monoisotopic (exact) mass is 195 g/mol. The van der Waals surface area contributed by atoms with Crippen LogP contribution in [-0.4, -0.2) is 24.5 Å². The number of rotatable bonds is 6.